The summed E-state index contributed by atoms with van der Waals surface area (Å²) in [4.78, 5) is 16.3. The molecule has 0 aromatic carbocycles. The molecule has 0 aliphatic rings. The molecule has 0 radical (unpaired) electrons. The van der Waals surface area contributed by atoms with E-state index in [1.165, 1.54) is 0 Å². The number of ether oxygens (including phenoxy) is 2. The van der Waals surface area contributed by atoms with Crippen molar-refractivity contribution in [2.24, 2.45) is 0 Å². The van der Waals surface area contributed by atoms with Gasteiger partial charge < -0.3 is 15.2 Å². The highest BCUT2D eigenvalue weighted by Gasteiger charge is 2.09. The van der Waals surface area contributed by atoms with Gasteiger partial charge in [0.2, 0.25) is 5.95 Å². The zero-order chi connectivity index (χ0) is 14.5. The maximum Gasteiger partial charge on any atom is 0.321 e. The van der Waals surface area contributed by atoms with Crippen molar-refractivity contribution in [2.75, 3.05) is 12.3 Å². The van der Waals surface area contributed by atoms with Gasteiger partial charge in [-0.3, -0.25) is 4.98 Å². The average Bonchev–Trinajstić information content (AvgIpc) is 2.38. The summed E-state index contributed by atoms with van der Waals surface area (Å²) in [7, 11) is 0. The van der Waals surface area contributed by atoms with Crippen molar-refractivity contribution in [2.45, 2.75) is 26.9 Å². The van der Waals surface area contributed by atoms with Crippen LogP contribution >= 0.6 is 0 Å². The van der Waals surface area contributed by atoms with Gasteiger partial charge in [-0.1, -0.05) is 0 Å². The van der Waals surface area contributed by atoms with Crippen LogP contribution in [0.15, 0.2) is 18.5 Å². The molecule has 0 spiro atoms. The fourth-order valence-corrected chi connectivity index (χ4v) is 1.57. The Labute approximate surface area is 117 Å². The second-order valence-electron chi connectivity index (χ2n) is 4.31. The average molecular weight is 275 g/mol. The minimum Gasteiger partial charge on any atom is -0.489 e. The van der Waals surface area contributed by atoms with Gasteiger partial charge in [-0.15, -0.1) is 0 Å². The van der Waals surface area contributed by atoms with E-state index in [1.807, 2.05) is 20.8 Å². The molecule has 0 amide bonds. The van der Waals surface area contributed by atoms with Crippen LogP contribution in [0.1, 0.15) is 20.8 Å². The lowest BCUT2D eigenvalue weighted by molar-refractivity contribution is 0.241. The number of nitrogen functional groups attached to an aromatic ring is 1. The molecule has 2 N–H and O–H groups in total. The first kappa shape index (κ1) is 14.0. The molecule has 2 heterocycles. The Morgan fingerprint density at radius 3 is 2.70 bits per heavy atom. The highest BCUT2D eigenvalue weighted by molar-refractivity contribution is 5.56. The normalized spacial score (nSPS) is 10.6. The molecule has 2 aromatic rings. The Hall–Kier alpha value is -2.44. The topological polar surface area (TPSA) is 96.0 Å². The Bertz CT molecular complexity index is 589. The quantitative estimate of drug-likeness (QED) is 0.887. The molecular formula is C13H17N5O2. The number of anilines is 1. The van der Waals surface area contributed by atoms with Crippen molar-refractivity contribution in [3.8, 4) is 23.1 Å². The third-order valence-electron chi connectivity index (χ3n) is 2.25. The van der Waals surface area contributed by atoms with Gasteiger partial charge in [0, 0.05) is 11.8 Å². The largest absolute Gasteiger partial charge is 0.489 e. The van der Waals surface area contributed by atoms with Crippen LogP contribution in [0, 0.1) is 0 Å². The van der Waals surface area contributed by atoms with Crippen LogP contribution in [0.2, 0.25) is 0 Å². The fourth-order valence-electron chi connectivity index (χ4n) is 1.57. The maximum atomic E-state index is 5.65. The molecule has 20 heavy (non-hydrogen) atoms. The fraction of sp³-hybridized carbons (Fsp3) is 0.385. The number of rotatable bonds is 5. The summed E-state index contributed by atoms with van der Waals surface area (Å²) in [5, 5.41) is 0. The van der Waals surface area contributed by atoms with Crippen LogP contribution in [0.4, 0.5) is 5.95 Å². The molecule has 0 aliphatic heterocycles. The lowest BCUT2D eigenvalue weighted by atomic mass is 10.2. The van der Waals surface area contributed by atoms with E-state index in [0.717, 1.165) is 0 Å². The number of nitrogens with two attached hydrogens (primary N) is 1. The van der Waals surface area contributed by atoms with Crippen molar-refractivity contribution >= 4 is 5.95 Å². The van der Waals surface area contributed by atoms with E-state index in [1.54, 1.807) is 18.5 Å². The van der Waals surface area contributed by atoms with E-state index < -0.39 is 0 Å². The minimum absolute atomic E-state index is 0.0643. The molecule has 0 saturated carbocycles. The van der Waals surface area contributed by atoms with Crippen LogP contribution in [0.3, 0.4) is 0 Å². The Morgan fingerprint density at radius 2 is 2.00 bits per heavy atom. The van der Waals surface area contributed by atoms with Crippen LogP contribution < -0.4 is 15.2 Å². The van der Waals surface area contributed by atoms with Crippen LogP contribution in [0.5, 0.6) is 11.8 Å². The summed E-state index contributed by atoms with van der Waals surface area (Å²) in [5.41, 5.74) is 6.34. The molecule has 0 atom stereocenters. The number of aromatic nitrogens is 4. The molecule has 7 heteroatoms. The van der Waals surface area contributed by atoms with Gasteiger partial charge in [0.25, 0.3) is 0 Å². The summed E-state index contributed by atoms with van der Waals surface area (Å²) in [6, 6.07) is 2.00. The standard InChI is InChI=1S/C13H17N5O2/c1-4-19-13-17-11(16-12(14)18-13)9-5-10(7-15-6-9)20-8(2)3/h5-8H,4H2,1-3H3,(H2,14,16,17,18). The van der Waals surface area contributed by atoms with Crippen LogP contribution in [-0.2, 0) is 0 Å². The number of nitrogens with zero attached hydrogens (tertiary/aromatic N) is 4. The number of hydrogen-bond donors (Lipinski definition) is 1. The van der Waals surface area contributed by atoms with Crippen molar-refractivity contribution in [3.63, 3.8) is 0 Å². The lowest BCUT2D eigenvalue weighted by Gasteiger charge is -2.10. The zero-order valence-electron chi connectivity index (χ0n) is 11.7. The Morgan fingerprint density at radius 1 is 1.20 bits per heavy atom. The molecule has 0 unspecified atom stereocenters. The molecule has 0 aliphatic carbocycles. The van der Waals surface area contributed by atoms with Crippen molar-refractivity contribution in [1.82, 2.24) is 19.9 Å². The van der Waals surface area contributed by atoms with Crippen molar-refractivity contribution in [3.05, 3.63) is 18.5 Å². The molecule has 0 fully saturated rings. The first-order chi connectivity index (χ1) is 9.58. The Balaban J connectivity index is 2.35. The minimum atomic E-state index is 0.0643. The van der Waals surface area contributed by atoms with E-state index >= 15 is 0 Å². The molecule has 2 aromatic heterocycles. The van der Waals surface area contributed by atoms with Gasteiger partial charge in [0.05, 0.1) is 18.9 Å². The third kappa shape index (κ3) is 3.53. The molecule has 7 nitrogen and oxygen atoms in total. The summed E-state index contributed by atoms with van der Waals surface area (Å²) in [6.45, 7) is 6.19. The molecule has 0 saturated heterocycles. The number of hydrogen-bond acceptors (Lipinski definition) is 7. The van der Waals surface area contributed by atoms with E-state index in [9.17, 15) is 0 Å². The van der Waals surface area contributed by atoms with E-state index in [0.29, 0.717) is 23.7 Å². The molecule has 2 rings (SSSR count). The zero-order valence-corrected chi connectivity index (χ0v) is 11.7. The SMILES string of the molecule is CCOc1nc(N)nc(-c2cncc(OC(C)C)c2)n1. The second kappa shape index (κ2) is 6.14. The molecule has 0 bridgehead atoms. The summed E-state index contributed by atoms with van der Waals surface area (Å²) in [5.74, 6) is 1.16. The van der Waals surface area contributed by atoms with Gasteiger partial charge in [-0.25, -0.2) is 0 Å². The van der Waals surface area contributed by atoms with Crippen molar-refractivity contribution < 1.29 is 9.47 Å². The summed E-state index contributed by atoms with van der Waals surface area (Å²) < 4.78 is 10.8. The predicted octanol–water partition coefficient (Wildman–Crippen LogP) is 1.70. The summed E-state index contributed by atoms with van der Waals surface area (Å²) in [6.07, 6.45) is 3.34. The lowest BCUT2D eigenvalue weighted by Crippen LogP contribution is -2.07. The monoisotopic (exact) mass is 275 g/mol. The maximum absolute atomic E-state index is 5.65. The predicted molar refractivity (Wildman–Crippen MR) is 74.4 cm³/mol. The Kier molecular flexibility index (Phi) is 4.29. The van der Waals surface area contributed by atoms with Crippen LogP contribution in [-0.4, -0.2) is 32.6 Å². The highest BCUT2D eigenvalue weighted by Crippen LogP contribution is 2.22. The van der Waals surface area contributed by atoms with Gasteiger partial charge in [-0.2, -0.15) is 15.0 Å². The van der Waals surface area contributed by atoms with E-state index in [-0.39, 0.29) is 18.1 Å². The molecule has 106 valence electrons. The summed E-state index contributed by atoms with van der Waals surface area (Å²) >= 11 is 0. The van der Waals surface area contributed by atoms with Crippen molar-refractivity contribution in [1.29, 1.82) is 0 Å². The number of pyridine rings is 1. The van der Waals surface area contributed by atoms with Crippen LogP contribution in [0.25, 0.3) is 11.4 Å². The van der Waals surface area contributed by atoms with E-state index in [2.05, 4.69) is 19.9 Å². The second-order valence-corrected chi connectivity index (χ2v) is 4.31. The third-order valence-corrected chi connectivity index (χ3v) is 2.25. The molecular weight excluding hydrogens is 258 g/mol. The highest BCUT2D eigenvalue weighted by atomic mass is 16.5. The first-order valence-electron chi connectivity index (χ1n) is 6.35. The van der Waals surface area contributed by atoms with Gasteiger partial charge >= 0.3 is 6.01 Å². The smallest absolute Gasteiger partial charge is 0.321 e. The van der Waals surface area contributed by atoms with E-state index in [4.69, 9.17) is 15.2 Å². The first-order valence-corrected chi connectivity index (χ1v) is 6.35. The van der Waals surface area contributed by atoms with Gasteiger partial charge in [0.15, 0.2) is 5.82 Å². The van der Waals surface area contributed by atoms with Gasteiger partial charge in [-0.05, 0) is 26.8 Å². The van der Waals surface area contributed by atoms with Gasteiger partial charge in [0.1, 0.15) is 5.75 Å².